The summed E-state index contributed by atoms with van der Waals surface area (Å²) in [6.07, 6.45) is 9.92. The highest BCUT2D eigenvalue weighted by Crippen LogP contribution is 2.37. The topological polar surface area (TPSA) is 40.5 Å². The van der Waals surface area contributed by atoms with E-state index in [-0.39, 0.29) is 0 Å². The summed E-state index contributed by atoms with van der Waals surface area (Å²) >= 11 is 0. The minimum absolute atomic E-state index is 0.540. The molecule has 0 amide bonds. The SMILES string of the molecule is OB(O)c1c(C2CCCC2)cccc1C1CCCC1. The average molecular weight is 258 g/mol. The quantitative estimate of drug-likeness (QED) is 0.818. The molecule has 2 fully saturated rings. The lowest BCUT2D eigenvalue weighted by molar-refractivity contribution is 0.424. The molecule has 0 unspecified atom stereocenters. The highest BCUT2D eigenvalue weighted by Gasteiger charge is 2.30. The van der Waals surface area contributed by atoms with Crippen molar-refractivity contribution < 1.29 is 10.0 Å². The van der Waals surface area contributed by atoms with Crippen LogP contribution in [-0.2, 0) is 0 Å². The van der Waals surface area contributed by atoms with Gasteiger partial charge in [0.1, 0.15) is 0 Å². The Morgan fingerprint density at radius 3 is 1.58 bits per heavy atom. The van der Waals surface area contributed by atoms with E-state index in [1.54, 1.807) is 0 Å². The van der Waals surface area contributed by atoms with Crippen LogP contribution in [0.3, 0.4) is 0 Å². The second-order valence-corrected chi connectivity index (χ2v) is 6.19. The van der Waals surface area contributed by atoms with Crippen molar-refractivity contribution >= 4 is 12.6 Å². The van der Waals surface area contributed by atoms with E-state index in [0.717, 1.165) is 5.46 Å². The summed E-state index contributed by atoms with van der Waals surface area (Å²) in [6.45, 7) is 0. The molecule has 2 aliphatic rings. The molecular weight excluding hydrogens is 235 g/mol. The maximum Gasteiger partial charge on any atom is 0.489 e. The van der Waals surface area contributed by atoms with Gasteiger partial charge in [-0.3, -0.25) is 0 Å². The van der Waals surface area contributed by atoms with Gasteiger partial charge in [-0.2, -0.15) is 0 Å². The molecule has 2 N–H and O–H groups in total. The molecule has 2 saturated carbocycles. The van der Waals surface area contributed by atoms with Gasteiger partial charge in [0.2, 0.25) is 0 Å². The fourth-order valence-corrected chi connectivity index (χ4v) is 4.09. The minimum atomic E-state index is -1.31. The molecule has 1 aromatic rings. The van der Waals surface area contributed by atoms with Gasteiger partial charge in [0, 0.05) is 0 Å². The monoisotopic (exact) mass is 258 g/mol. The molecule has 3 heteroatoms. The van der Waals surface area contributed by atoms with Crippen LogP contribution in [0.15, 0.2) is 18.2 Å². The summed E-state index contributed by atoms with van der Waals surface area (Å²) in [7, 11) is -1.31. The van der Waals surface area contributed by atoms with Crippen LogP contribution in [-0.4, -0.2) is 17.2 Å². The molecule has 0 bridgehead atoms. The maximum atomic E-state index is 9.86. The Morgan fingerprint density at radius 1 is 0.789 bits per heavy atom. The van der Waals surface area contributed by atoms with Crippen molar-refractivity contribution in [3.63, 3.8) is 0 Å². The Hall–Kier alpha value is -0.795. The van der Waals surface area contributed by atoms with E-state index in [2.05, 4.69) is 18.2 Å². The Kier molecular flexibility index (Phi) is 3.95. The zero-order valence-electron chi connectivity index (χ0n) is 11.5. The zero-order valence-corrected chi connectivity index (χ0v) is 11.5. The van der Waals surface area contributed by atoms with Gasteiger partial charge >= 0.3 is 7.12 Å². The van der Waals surface area contributed by atoms with E-state index in [1.807, 2.05) is 0 Å². The van der Waals surface area contributed by atoms with Crippen molar-refractivity contribution in [2.45, 2.75) is 63.2 Å². The first-order valence-corrected chi connectivity index (χ1v) is 7.76. The lowest BCUT2D eigenvalue weighted by atomic mass is 9.68. The summed E-state index contributed by atoms with van der Waals surface area (Å²) < 4.78 is 0. The van der Waals surface area contributed by atoms with Crippen LogP contribution in [0.2, 0.25) is 0 Å². The lowest BCUT2D eigenvalue weighted by Gasteiger charge is -2.21. The first kappa shape index (κ1) is 13.2. The first-order valence-electron chi connectivity index (χ1n) is 7.76. The minimum Gasteiger partial charge on any atom is -0.423 e. The van der Waals surface area contributed by atoms with Gasteiger partial charge in [0.05, 0.1) is 0 Å². The molecule has 102 valence electrons. The zero-order chi connectivity index (χ0) is 13.2. The molecule has 0 aliphatic heterocycles. The first-order chi connectivity index (χ1) is 9.27. The van der Waals surface area contributed by atoms with E-state index >= 15 is 0 Å². The summed E-state index contributed by atoms with van der Waals surface area (Å²) in [6, 6.07) is 6.35. The van der Waals surface area contributed by atoms with Crippen molar-refractivity contribution in [2.75, 3.05) is 0 Å². The van der Waals surface area contributed by atoms with Crippen LogP contribution in [0.1, 0.15) is 74.3 Å². The van der Waals surface area contributed by atoms with Crippen molar-refractivity contribution in [2.24, 2.45) is 0 Å². The fourth-order valence-electron chi connectivity index (χ4n) is 4.09. The average Bonchev–Trinajstić information content (AvgIpc) is 3.11. The van der Waals surface area contributed by atoms with Crippen LogP contribution in [0, 0.1) is 0 Å². The van der Waals surface area contributed by atoms with Gasteiger partial charge in [0.25, 0.3) is 0 Å². The van der Waals surface area contributed by atoms with Crippen LogP contribution in [0.4, 0.5) is 0 Å². The van der Waals surface area contributed by atoms with Gasteiger partial charge in [-0.1, -0.05) is 43.9 Å². The van der Waals surface area contributed by atoms with Gasteiger partial charge in [-0.25, -0.2) is 0 Å². The summed E-state index contributed by atoms with van der Waals surface area (Å²) in [5.74, 6) is 1.08. The highest BCUT2D eigenvalue weighted by atomic mass is 16.4. The van der Waals surface area contributed by atoms with E-state index in [1.165, 1.54) is 62.5 Å². The molecule has 2 aliphatic carbocycles. The molecule has 0 spiro atoms. The standard InChI is InChI=1S/C16H23BO2/c18-17(19)16-14(12-6-1-2-7-12)10-5-11-15(16)13-8-3-4-9-13/h5,10-13,18-19H,1-4,6-9H2. The third-order valence-electron chi connectivity index (χ3n) is 5.02. The van der Waals surface area contributed by atoms with Crippen LogP contribution in [0.25, 0.3) is 0 Å². The number of hydrogen-bond acceptors (Lipinski definition) is 2. The third kappa shape index (κ3) is 2.59. The number of rotatable bonds is 3. The van der Waals surface area contributed by atoms with Crippen molar-refractivity contribution in [3.05, 3.63) is 29.3 Å². The molecule has 1 aromatic carbocycles. The summed E-state index contributed by atoms with van der Waals surface area (Å²) in [5, 5.41) is 19.7. The second-order valence-electron chi connectivity index (χ2n) is 6.19. The Balaban J connectivity index is 2.00. The van der Waals surface area contributed by atoms with E-state index in [4.69, 9.17) is 0 Å². The van der Waals surface area contributed by atoms with Gasteiger partial charge in [-0.05, 0) is 54.1 Å². The van der Waals surface area contributed by atoms with Crippen molar-refractivity contribution in [3.8, 4) is 0 Å². The van der Waals surface area contributed by atoms with Crippen LogP contribution < -0.4 is 5.46 Å². The molecule has 2 nitrogen and oxygen atoms in total. The lowest BCUT2D eigenvalue weighted by Crippen LogP contribution is -2.37. The van der Waals surface area contributed by atoms with Crippen molar-refractivity contribution in [1.29, 1.82) is 0 Å². The molecule has 3 rings (SSSR count). The van der Waals surface area contributed by atoms with E-state index in [0.29, 0.717) is 11.8 Å². The molecule has 0 heterocycles. The Morgan fingerprint density at radius 2 is 1.21 bits per heavy atom. The van der Waals surface area contributed by atoms with Crippen LogP contribution in [0.5, 0.6) is 0 Å². The number of benzene rings is 1. The Bertz CT molecular complexity index is 398. The van der Waals surface area contributed by atoms with E-state index < -0.39 is 7.12 Å². The predicted octanol–water partition coefficient (Wildman–Crippen LogP) is 2.68. The third-order valence-corrected chi connectivity index (χ3v) is 5.02. The van der Waals surface area contributed by atoms with Gasteiger partial charge in [-0.15, -0.1) is 0 Å². The molecule has 0 aromatic heterocycles. The van der Waals surface area contributed by atoms with Gasteiger partial charge < -0.3 is 10.0 Å². The maximum absolute atomic E-state index is 9.86. The smallest absolute Gasteiger partial charge is 0.423 e. The fraction of sp³-hybridized carbons (Fsp3) is 0.625. The second kappa shape index (κ2) is 5.68. The summed E-state index contributed by atoms with van der Waals surface area (Å²) in [4.78, 5) is 0. The summed E-state index contributed by atoms with van der Waals surface area (Å²) in [5.41, 5.74) is 3.25. The molecule has 0 saturated heterocycles. The van der Waals surface area contributed by atoms with Crippen molar-refractivity contribution in [1.82, 2.24) is 0 Å². The molecular formula is C16H23BO2. The molecule has 0 atom stereocenters. The molecule has 0 radical (unpaired) electrons. The number of hydrogen-bond donors (Lipinski definition) is 2. The molecule has 19 heavy (non-hydrogen) atoms. The van der Waals surface area contributed by atoms with Gasteiger partial charge in [0.15, 0.2) is 0 Å². The highest BCUT2D eigenvalue weighted by molar-refractivity contribution is 6.59. The predicted molar refractivity (Wildman–Crippen MR) is 78.7 cm³/mol. The van der Waals surface area contributed by atoms with E-state index in [9.17, 15) is 10.0 Å². The normalized spacial score (nSPS) is 21.2. The largest absolute Gasteiger partial charge is 0.489 e. The Labute approximate surface area is 116 Å². The van der Waals surface area contributed by atoms with Crippen LogP contribution >= 0.6 is 0 Å².